The molecule has 0 spiro atoms. The zero-order valence-electron chi connectivity index (χ0n) is 11.6. The maximum Gasteiger partial charge on any atom is 0.0841 e. The normalized spacial score (nSPS) is 45.7. The van der Waals surface area contributed by atoms with E-state index in [0.29, 0.717) is 5.92 Å². The van der Waals surface area contributed by atoms with Gasteiger partial charge in [-0.15, -0.1) is 4.48 Å². The summed E-state index contributed by atoms with van der Waals surface area (Å²) < 4.78 is 36.9. The van der Waals surface area contributed by atoms with Crippen molar-refractivity contribution in [1.29, 1.82) is 0 Å². The second kappa shape index (κ2) is 5.77. The molecule has 0 aromatic heterocycles. The van der Waals surface area contributed by atoms with Gasteiger partial charge in [0.25, 0.3) is 0 Å². The molecule has 0 radical (unpaired) electrons. The minimum atomic E-state index is -1.29. The van der Waals surface area contributed by atoms with Gasteiger partial charge in [0.15, 0.2) is 0 Å². The molecule has 15 heavy (non-hydrogen) atoms. The summed E-state index contributed by atoms with van der Waals surface area (Å²) in [5.74, 6) is 0.942. The molecule has 1 rings (SSSR count). The number of ether oxygens (including phenoxy) is 2. The van der Waals surface area contributed by atoms with Gasteiger partial charge in [0.2, 0.25) is 0 Å². The largest absolute Gasteiger partial charge is 0.382 e. The molecule has 0 bridgehead atoms. The van der Waals surface area contributed by atoms with Crippen molar-refractivity contribution in [3.05, 3.63) is 0 Å². The lowest BCUT2D eigenvalue weighted by atomic mass is 9.76. The van der Waals surface area contributed by atoms with Crippen molar-refractivity contribution in [2.24, 2.45) is 17.8 Å². The van der Waals surface area contributed by atoms with E-state index < -0.39 is 7.06 Å². The maximum absolute atomic E-state index is 12.2. The minimum Gasteiger partial charge on any atom is -0.382 e. The Hall–Kier alpha value is -0.190. The lowest BCUT2D eigenvalue weighted by molar-refractivity contribution is -0.152. The Kier molecular flexibility index (Phi) is 3.85. The van der Waals surface area contributed by atoms with Crippen LogP contribution in [0.2, 0.25) is 0 Å². The molecule has 0 aliphatic carbocycles. The molecule has 1 heterocycles. The van der Waals surface area contributed by atoms with E-state index in [9.17, 15) is 4.48 Å². The summed E-state index contributed by atoms with van der Waals surface area (Å²) in [6.07, 6.45) is -0.354. The number of hydrogen-bond donors (Lipinski definition) is 1. The molecule has 90 valence electrons. The van der Waals surface area contributed by atoms with E-state index >= 15 is 0 Å². The Morgan fingerprint density at radius 3 is 2.67 bits per heavy atom. The molecule has 1 aliphatic heterocycles. The standard InChI is InChI=1S/C11H22FNO2/c1-7-8(2)10(5-13-12)15-11(6-14-4)9(7)3/h7-11,13H,5-6H2,1-4H3/t7-,8-,9+,10-,11-/m1/s1/i4TD/t4?,7-,8-,9+,10-,11-. The van der Waals surface area contributed by atoms with Gasteiger partial charge in [-0.25, -0.2) is 0 Å². The third kappa shape index (κ3) is 2.89. The molecule has 0 aromatic rings. The quantitative estimate of drug-likeness (QED) is 0.736. The third-order valence-corrected chi connectivity index (χ3v) is 3.72. The van der Waals surface area contributed by atoms with Crippen molar-refractivity contribution in [2.45, 2.75) is 33.0 Å². The zero-order chi connectivity index (χ0) is 13.0. The first-order valence-electron chi connectivity index (χ1n) is 6.57. The summed E-state index contributed by atoms with van der Waals surface area (Å²) in [7, 11) is -1.29. The predicted molar refractivity (Wildman–Crippen MR) is 57.1 cm³/mol. The van der Waals surface area contributed by atoms with Crippen LogP contribution >= 0.6 is 0 Å². The van der Waals surface area contributed by atoms with Crippen LogP contribution in [0.4, 0.5) is 4.48 Å². The van der Waals surface area contributed by atoms with Gasteiger partial charge in [-0.05, 0) is 17.8 Å². The average Bonchev–Trinajstić information content (AvgIpc) is 2.28. The first-order valence-corrected chi connectivity index (χ1v) is 5.42. The lowest BCUT2D eigenvalue weighted by Gasteiger charge is -2.43. The van der Waals surface area contributed by atoms with Crippen molar-refractivity contribution in [3.8, 4) is 0 Å². The van der Waals surface area contributed by atoms with Gasteiger partial charge in [-0.1, -0.05) is 20.8 Å². The molecule has 0 saturated carbocycles. The topological polar surface area (TPSA) is 30.5 Å². The number of halogens is 1. The number of methoxy groups -OCH3 is 1. The van der Waals surface area contributed by atoms with E-state index in [0.717, 1.165) is 0 Å². The van der Waals surface area contributed by atoms with E-state index in [1.807, 2.05) is 0 Å². The number of hydrogen-bond acceptors (Lipinski definition) is 3. The molecule has 1 aliphatic rings. The van der Waals surface area contributed by atoms with Gasteiger partial charge in [-0.2, -0.15) is 5.54 Å². The highest BCUT2D eigenvalue weighted by Gasteiger charge is 2.38. The van der Waals surface area contributed by atoms with Crippen molar-refractivity contribution in [3.63, 3.8) is 0 Å². The van der Waals surface area contributed by atoms with E-state index in [1.165, 1.54) is 0 Å². The molecule has 4 heteroatoms. The minimum absolute atomic E-state index is 0.167. The Morgan fingerprint density at radius 1 is 1.40 bits per heavy atom. The molecule has 1 fully saturated rings. The molecule has 0 aromatic carbocycles. The van der Waals surface area contributed by atoms with Crippen molar-refractivity contribution in [1.82, 2.24) is 5.54 Å². The fraction of sp³-hybridized carbons (Fsp3) is 1.00. The van der Waals surface area contributed by atoms with E-state index in [4.69, 9.17) is 12.2 Å². The predicted octanol–water partition coefficient (Wildman–Crippen LogP) is 1.78. The van der Waals surface area contributed by atoms with Gasteiger partial charge < -0.3 is 9.47 Å². The summed E-state index contributed by atoms with van der Waals surface area (Å²) in [5, 5.41) is 0. The molecule has 1 unspecified atom stereocenters. The number of rotatable bonds is 4. The monoisotopic (exact) mass is 222 g/mol. The smallest absolute Gasteiger partial charge is 0.0841 e. The van der Waals surface area contributed by atoms with Gasteiger partial charge in [0.05, 0.1) is 28.1 Å². The van der Waals surface area contributed by atoms with E-state index in [2.05, 4.69) is 20.8 Å². The van der Waals surface area contributed by atoms with Crippen LogP contribution in [0.3, 0.4) is 0 Å². The average molecular weight is 222 g/mol. The second-order valence-corrected chi connectivity index (χ2v) is 4.46. The highest BCUT2D eigenvalue weighted by atomic mass is 19.2. The van der Waals surface area contributed by atoms with Crippen molar-refractivity contribution < 1.29 is 16.7 Å². The first kappa shape index (κ1) is 10.00. The van der Waals surface area contributed by atoms with Crippen LogP contribution in [0.15, 0.2) is 0 Å². The zero-order valence-corrected chi connectivity index (χ0v) is 9.57. The van der Waals surface area contributed by atoms with Crippen LogP contribution in [0.25, 0.3) is 0 Å². The Morgan fingerprint density at radius 2 is 2.07 bits per heavy atom. The molecule has 1 N–H and O–H groups in total. The van der Waals surface area contributed by atoms with Gasteiger partial charge in [-0.3, -0.25) is 0 Å². The fourth-order valence-electron chi connectivity index (χ4n) is 2.22. The summed E-state index contributed by atoms with van der Waals surface area (Å²) in [4.78, 5) is 0. The molecule has 0 amide bonds. The summed E-state index contributed by atoms with van der Waals surface area (Å²) >= 11 is 0. The van der Waals surface area contributed by atoms with Crippen LogP contribution in [0.5, 0.6) is 0 Å². The fourth-order valence-corrected chi connectivity index (χ4v) is 2.22. The Balaban J connectivity index is 2.58. The van der Waals surface area contributed by atoms with Crippen LogP contribution in [-0.2, 0) is 9.47 Å². The number of nitrogens with one attached hydrogen (secondary N) is 1. The highest BCUT2D eigenvalue weighted by molar-refractivity contribution is 4.86. The molecule has 1 saturated heterocycles. The summed E-state index contributed by atoms with van der Waals surface area (Å²) in [6.45, 7) is 6.63. The van der Waals surface area contributed by atoms with E-state index in [1.54, 1.807) is 5.54 Å². The SMILES string of the molecule is [2H]C([3H])OC[C@H]1O[C@H](CNF)[C@H](C)[C@@H](C)[C@@H]1C. The van der Waals surface area contributed by atoms with Crippen LogP contribution in [0.1, 0.15) is 23.5 Å². The molecule has 6 atom stereocenters. The maximum atomic E-state index is 12.2. The van der Waals surface area contributed by atoms with Crippen LogP contribution in [-0.4, -0.2) is 32.4 Å². The van der Waals surface area contributed by atoms with Crippen molar-refractivity contribution in [2.75, 3.05) is 20.2 Å². The highest BCUT2D eigenvalue weighted by Crippen LogP contribution is 2.34. The van der Waals surface area contributed by atoms with Gasteiger partial charge in [0.1, 0.15) is 0 Å². The first-order chi connectivity index (χ1) is 7.97. The molecule has 3 nitrogen and oxygen atoms in total. The third-order valence-electron chi connectivity index (χ3n) is 3.72. The lowest BCUT2D eigenvalue weighted by Crippen LogP contribution is -2.49. The summed E-state index contributed by atoms with van der Waals surface area (Å²) in [6, 6.07) is 0. The van der Waals surface area contributed by atoms with Crippen LogP contribution in [0, 0.1) is 17.8 Å². The second-order valence-electron chi connectivity index (χ2n) is 4.46. The van der Waals surface area contributed by atoms with Gasteiger partial charge in [0, 0.05) is 7.06 Å². The van der Waals surface area contributed by atoms with Gasteiger partial charge >= 0.3 is 0 Å². The van der Waals surface area contributed by atoms with Crippen LogP contribution < -0.4 is 5.54 Å². The molecular formula is C11H22FNO2. The van der Waals surface area contributed by atoms with Crippen molar-refractivity contribution >= 4 is 0 Å². The Bertz CT molecular complexity index is 234. The van der Waals surface area contributed by atoms with E-state index in [-0.39, 0.29) is 37.2 Å². The molecular weight excluding hydrogens is 197 g/mol. The summed E-state index contributed by atoms with van der Waals surface area (Å²) in [5.41, 5.74) is 1.65. The Labute approximate surface area is 94.1 Å².